The Morgan fingerprint density at radius 2 is 2.29 bits per heavy atom. The fourth-order valence-corrected chi connectivity index (χ4v) is 1.88. The van der Waals surface area contributed by atoms with E-state index in [2.05, 4.69) is 27.3 Å². The molecule has 0 unspecified atom stereocenters. The van der Waals surface area contributed by atoms with Crippen LogP contribution in [0.3, 0.4) is 0 Å². The minimum atomic E-state index is -0.395. The molecule has 1 N–H and O–H groups in total. The zero-order valence-electron chi connectivity index (χ0n) is 9.65. The number of hydrogen-bond acceptors (Lipinski definition) is 3. The fraction of sp³-hybridized carbons (Fsp3) is 0.333. The lowest BCUT2D eigenvalue weighted by molar-refractivity contribution is -0.384. The molecular weight excluding hydrogens is 284 g/mol. The van der Waals surface area contributed by atoms with Gasteiger partial charge in [-0.2, -0.15) is 0 Å². The van der Waals surface area contributed by atoms with Gasteiger partial charge < -0.3 is 5.32 Å². The second-order valence-corrected chi connectivity index (χ2v) is 4.42. The molecule has 0 aliphatic heterocycles. The fourth-order valence-electron chi connectivity index (χ4n) is 1.37. The molecule has 4 nitrogen and oxygen atoms in total. The van der Waals surface area contributed by atoms with Crippen molar-refractivity contribution in [2.45, 2.75) is 19.9 Å². The Labute approximate surface area is 109 Å². The standard InChI is InChI=1S/C12H15BrN2O2/c1-2-3-4-7-14-9-10-5-6-11(15(16)17)8-12(10)13/h2-3,5-6,8,14H,4,7,9H2,1H3/b3-2+. The van der Waals surface area contributed by atoms with Crippen LogP contribution in [0.4, 0.5) is 5.69 Å². The third kappa shape index (κ3) is 4.66. The Kier molecular flexibility index (Phi) is 5.86. The highest BCUT2D eigenvalue weighted by Crippen LogP contribution is 2.22. The molecule has 1 aromatic rings. The van der Waals surface area contributed by atoms with Crippen LogP contribution in [-0.4, -0.2) is 11.5 Å². The second kappa shape index (κ2) is 7.19. The van der Waals surface area contributed by atoms with E-state index in [1.807, 2.05) is 13.0 Å². The largest absolute Gasteiger partial charge is 0.312 e. The van der Waals surface area contributed by atoms with E-state index in [1.54, 1.807) is 6.07 Å². The minimum absolute atomic E-state index is 0.106. The molecule has 0 bridgehead atoms. The van der Waals surface area contributed by atoms with Gasteiger partial charge in [-0.05, 0) is 31.5 Å². The predicted molar refractivity (Wildman–Crippen MR) is 71.9 cm³/mol. The van der Waals surface area contributed by atoms with E-state index in [4.69, 9.17) is 0 Å². The summed E-state index contributed by atoms with van der Waals surface area (Å²) in [5.41, 5.74) is 1.13. The first-order chi connectivity index (χ1) is 8.15. The topological polar surface area (TPSA) is 55.2 Å². The highest BCUT2D eigenvalue weighted by molar-refractivity contribution is 9.10. The van der Waals surface area contributed by atoms with Gasteiger partial charge in [0.15, 0.2) is 0 Å². The Morgan fingerprint density at radius 1 is 1.53 bits per heavy atom. The van der Waals surface area contributed by atoms with Gasteiger partial charge in [-0.1, -0.05) is 28.1 Å². The molecule has 0 aliphatic rings. The summed E-state index contributed by atoms with van der Waals surface area (Å²) < 4.78 is 0.769. The molecule has 0 aliphatic carbocycles. The summed E-state index contributed by atoms with van der Waals surface area (Å²) in [6.45, 7) is 3.59. The molecule has 0 fully saturated rings. The number of halogens is 1. The number of allylic oxidation sites excluding steroid dienone is 1. The highest BCUT2D eigenvalue weighted by Gasteiger charge is 2.08. The number of rotatable bonds is 6. The molecule has 0 spiro atoms. The summed E-state index contributed by atoms with van der Waals surface area (Å²) in [6, 6.07) is 4.82. The van der Waals surface area contributed by atoms with Gasteiger partial charge in [-0.15, -0.1) is 0 Å². The molecule has 92 valence electrons. The smallest absolute Gasteiger partial charge is 0.270 e. The van der Waals surface area contributed by atoms with Crippen molar-refractivity contribution in [2.75, 3.05) is 6.54 Å². The van der Waals surface area contributed by atoms with E-state index < -0.39 is 4.92 Å². The monoisotopic (exact) mass is 298 g/mol. The van der Waals surface area contributed by atoms with Gasteiger partial charge in [0.05, 0.1) is 4.92 Å². The van der Waals surface area contributed by atoms with Crippen molar-refractivity contribution in [1.82, 2.24) is 5.32 Å². The molecule has 0 atom stereocenters. The lowest BCUT2D eigenvalue weighted by Crippen LogP contribution is -2.14. The van der Waals surface area contributed by atoms with Crippen LogP contribution in [0.15, 0.2) is 34.8 Å². The Morgan fingerprint density at radius 3 is 2.88 bits per heavy atom. The van der Waals surface area contributed by atoms with Crippen LogP contribution in [0, 0.1) is 10.1 Å². The first kappa shape index (κ1) is 13.9. The minimum Gasteiger partial charge on any atom is -0.312 e. The molecule has 0 heterocycles. The molecule has 0 saturated carbocycles. The predicted octanol–water partition coefficient (Wildman–Crippen LogP) is 3.41. The summed E-state index contributed by atoms with van der Waals surface area (Å²) in [5, 5.41) is 13.8. The number of nitrogens with zero attached hydrogens (tertiary/aromatic N) is 1. The molecule has 5 heteroatoms. The lowest BCUT2D eigenvalue weighted by Gasteiger charge is -2.05. The number of nitro benzene ring substituents is 1. The van der Waals surface area contributed by atoms with Crippen molar-refractivity contribution in [1.29, 1.82) is 0 Å². The van der Waals surface area contributed by atoms with E-state index in [0.717, 1.165) is 23.0 Å². The van der Waals surface area contributed by atoms with E-state index in [1.165, 1.54) is 12.1 Å². The van der Waals surface area contributed by atoms with E-state index in [9.17, 15) is 10.1 Å². The van der Waals surface area contributed by atoms with Crippen molar-refractivity contribution in [3.63, 3.8) is 0 Å². The maximum absolute atomic E-state index is 10.6. The van der Waals surface area contributed by atoms with Crippen LogP contribution in [0.2, 0.25) is 0 Å². The van der Waals surface area contributed by atoms with Crippen LogP contribution in [-0.2, 0) is 6.54 Å². The number of benzene rings is 1. The number of non-ortho nitro benzene ring substituents is 1. The summed E-state index contributed by atoms with van der Waals surface area (Å²) in [4.78, 5) is 10.2. The molecule has 1 rings (SSSR count). The van der Waals surface area contributed by atoms with Gasteiger partial charge >= 0.3 is 0 Å². The van der Waals surface area contributed by atoms with Crippen LogP contribution in [0.25, 0.3) is 0 Å². The van der Waals surface area contributed by atoms with Gasteiger partial charge in [-0.25, -0.2) is 0 Å². The SMILES string of the molecule is C/C=C/CCNCc1ccc([N+](=O)[O-])cc1Br. The molecular formula is C12H15BrN2O2. The van der Waals surface area contributed by atoms with Gasteiger partial charge in [0, 0.05) is 23.2 Å². The van der Waals surface area contributed by atoms with Crippen molar-refractivity contribution in [2.24, 2.45) is 0 Å². The Balaban J connectivity index is 2.52. The van der Waals surface area contributed by atoms with E-state index >= 15 is 0 Å². The zero-order chi connectivity index (χ0) is 12.7. The van der Waals surface area contributed by atoms with Crippen LogP contribution in [0.5, 0.6) is 0 Å². The average Bonchev–Trinajstić information content (AvgIpc) is 2.30. The number of hydrogen-bond donors (Lipinski definition) is 1. The van der Waals surface area contributed by atoms with Crippen LogP contribution < -0.4 is 5.32 Å². The normalized spacial score (nSPS) is 10.9. The molecule has 0 radical (unpaired) electrons. The van der Waals surface area contributed by atoms with Crippen molar-refractivity contribution in [3.05, 3.63) is 50.5 Å². The number of nitrogens with one attached hydrogen (secondary N) is 1. The quantitative estimate of drug-likeness (QED) is 0.379. The van der Waals surface area contributed by atoms with Crippen LogP contribution in [0.1, 0.15) is 18.9 Å². The summed E-state index contributed by atoms with van der Waals surface area (Å²) in [7, 11) is 0. The summed E-state index contributed by atoms with van der Waals surface area (Å²) in [6.07, 6.45) is 5.10. The maximum Gasteiger partial charge on any atom is 0.270 e. The summed E-state index contributed by atoms with van der Waals surface area (Å²) >= 11 is 3.34. The second-order valence-electron chi connectivity index (χ2n) is 3.57. The molecule has 0 saturated heterocycles. The van der Waals surface area contributed by atoms with Crippen molar-refractivity contribution >= 4 is 21.6 Å². The maximum atomic E-state index is 10.6. The van der Waals surface area contributed by atoms with E-state index in [0.29, 0.717) is 6.54 Å². The van der Waals surface area contributed by atoms with Crippen molar-refractivity contribution in [3.8, 4) is 0 Å². The van der Waals surface area contributed by atoms with Gasteiger partial charge in [0.1, 0.15) is 0 Å². The molecule has 0 amide bonds. The zero-order valence-corrected chi connectivity index (χ0v) is 11.2. The van der Waals surface area contributed by atoms with Gasteiger partial charge in [0.25, 0.3) is 5.69 Å². The third-order valence-corrected chi connectivity index (χ3v) is 3.02. The number of nitro groups is 1. The highest BCUT2D eigenvalue weighted by atomic mass is 79.9. The molecule has 17 heavy (non-hydrogen) atoms. The van der Waals surface area contributed by atoms with E-state index in [-0.39, 0.29) is 5.69 Å². The lowest BCUT2D eigenvalue weighted by atomic mass is 10.2. The third-order valence-electron chi connectivity index (χ3n) is 2.29. The molecule has 1 aromatic carbocycles. The average molecular weight is 299 g/mol. The summed E-state index contributed by atoms with van der Waals surface area (Å²) in [5.74, 6) is 0. The first-order valence-corrected chi connectivity index (χ1v) is 6.19. The molecule has 0 aromatic heterocycles. The van der Waals surface area contributed by atoms with Crippen LogP contribution >= 0.6 is 15.9 Å². The first-order valence-electron chi connectivity index (χ1n) is 5.40. The Bertz CT molecular complexity index is 419. The Hall–Kier alpha value is -1.20. The van der Waals surface area contributed by atoms with Gasteiger partial charge in [-0.3, -0.25) is 10.1 Å². The van der Waals surface area contributed by atoms with Gasteiger partial charge in [0.2, 0.25) is 0 Å². The van der Waals surface area contributed by atoms with Crippen molar-refractivity contribution < 1.29 is 4.92 Å².